The molecule has 5 nitrogen and oxygen atoms in total. The second-order valence-corrected chi connectivity index (χ2v) is 7.65. The Morgan fingerprint density at radius 3 is 2.38 bits per heavy atom. The highest BCUT2D eigenvalue weighted by Crippen LogP contribution is 2.19. The first-order valence-electron chi connectivity index (χ1n) is 7.39. The summed E-state index contributed by atoms with van der Waals surface area (Å²) in [5.74, 6) is 0. The highest BCUT2D eigenvalue weighted by Gasteiger charge is 2.27. The van der Waals surface area contributed by atoms with E-state index in [1.54, 1.807) is 0 Å². The molecule has 1 aromatic carbocycles. The zero-order valence-electron chi connectivity index (χ0n) is 12.6. The van der Waals surface area contributed by atoms with Crippen LogP contribution in [-0.4, -0.2) is 32.9 Å². The number of nitrogens with one attached hydrogen (secondary N) is 2. The van der Waals surface area contributed by atoms with Crippen LogP contribution in [0.5, 0.6) is 0 Å². The summed E-state index contributed by atoms with van der Waals surface area (Å²) in [4.78, 5) is 0. The smallest absolute Gasteiger partial charge is 0.235 e. The van der Waals surface area contributed by atoms with Gasteiger partial charge in [-0.3, -0.25) is 4.72 Å². The van der Waals surface area contributed by atoms with Crippen molar-refractivity contribution in [3.05, 3.63) is 29.8 Å². The molecular formula is C15H24N2O3S. The van der Waals surface area contributed by atoms with Gasteiger partial charge in [0.25, 0.3) is 0 Å². The minimum absolute atomic E-state index is 0.353. The van der Waals surface area contributed by atoms with Crippen LogP contribution in [0.1, 0.15) is 32.3 Å². The molecule has 2 N–H and O–H groups in total. The van der Waals surface area contributed by atoms with E-state index in [-0.39, 0.29) is 5.25 Å². The summed E-state index contributed by atoms with van der Waals surface area (Å²) in [5, 5.41) is 2.98. The van der Waals surface area contributed by atoms with Gasteiger partial charge in [0.05, 0.1) is 5.25 Å². The summed E-state index contributed by atoms with van der Waals surface area (Å²) in [5.41, 5.74) is 1.76. The van der Waals surface area contributed by atoms with Crippen LogP contribution in [0.3, 0.4) is 0 Å². The van der Waals surface area contributed by atoms with Crippen LogP contribution in [0.2, 0.25) is 0 Å². The molecule has 1 aliphatic rings. The van der Waals surface area contributed by atoms with Crippen LogP contribution in [0.4, 0.5) is 5.69 Å². The first-order chi connectivity index (χ1) is 9.97. The highest BCUT2D eigenvalue weighted by atomic mass is 32.2. The number of anilines is 1. The average molecular weight is 312 g/mol. The lowest BCUT2D eigenvalue weighted by molar-refractivity contribution is 0.0984. The molecule has 1 aliphatic heterocycles. The molecule has 1 saturated heterocycles. The van der Waals surface area contributed by atoms with Gasteiger partial charge in [0.1, 0.15) is 0 Å². The largest absolute Gasteiger partial charge is 0.381 e. The maximum atomic E-state index is 12.3. The summed E-state index contributed by atoms with van der Waals surface area (Å²) < 4.78 is 32.4. The minimum Gasteiger partial charge on any atom is -0.381 e. The normalized spacial score (nSPS) is 17.1. The summed E-state index contributed by atoms with van der Waals surface area (Å²) in [7, 11) is -3.32. The molecule has 6 heteroatoms. The number of sulfonamides is 1. The van der Waals surface area contributed by atoms with Crippen molar-refractivity contribution in [2.45, 2.75) is 44.5 Å². The van der Waals surface area contributed by atoms with Crippen LogP contribution in [-0.2, 0) is 21.3 Å². The number of hydrogen-bond acceptors (Lipinski definition) is 4. The van der Waals surface area contributed by atoms with Crippen molar-refractivity contribution in [1.82, 2.24) is 5.32 Å². The fourth-order valence-corrected chi connectivity index (χ4v) is 3.69. The molecule has 2 rings (SSSR count). The molecule has 0 spiro atoms. The average Bonchev–Trinajstić information content (AvgIpc) is 2.47. The van der Waals surface area contributed by atoms with Crippen molar-refractivity contribution >= 4 is 15.7 Å². The molecule has 0 aliphatic carbocycles. The van der Waals surface area contributed by atoms with E-state index in [4.69, 9.17) is 4.74 Å². The van der Waals surface area contributed by atoms with Gasteiger partial charge in [0.15, 0.2) is 0 Å². The topological polar surface area (TPSA) is 67.4 Å². The van der Waals surface area contributed by atoms with Crippen molar-refractivity contribution in [2.24, 2.45) is 0 Å². The standard InChI is InChI=1S/C15H24N2O3S/c1-12(2)16-11-13-3-5-14(6-4-13)17-21(18,19)15-7-9-20-10-8-15/h3-6,12,15-17H,7-11H2,1-2H3. The highest BCUT2D eigenvalue weighted by molar-refractivity contribution is 7.93. The second kappa shape index (κ2) is 7.24. The number of rotatable bonds is 6. The SMILES string of the molecule is CC(C)NCc1ccc(NS(=O)(=O)C2CCOCC2)cc1. The van der Waals surface area contributed by atoms with Crippen LogP contribution < -0.4 is 10.0 Å². The maximum absolute atomic E-state index is 12.3. The zero-order valence-corrected chi connectivity index (χ0v) is 13.4. The Balaban J connectivity index is 1.95. The van der Waals surface area contributed by atoms with E-state index in [9.17, 15) is 8.42 Å². The Labute approximate surface area is 127 Å². The number of hydrogen-bond donors (Lipinski definition) is 2. The molecule has 1 heterocycles. The Hall–Kier alpha value is -1.11. The van der Waals surface area contributed by atoms with E-state index < -0.39 is 10.0 Å². The third kappa shape index (κ3) is 4.98. The molecule has 21 heavy (non-hydrogen) atoms. The van der Waals surface area contributed by atoms with Crippen molar-refractivity contribution in [3.63, 3.8) is 0 Å². The van der Waals surface area contributed by atoms with Crippen molar-refractivity contribution in [1.29, 1.82) is 0 Å². The van der Waals surface area contributed by atoms with E-state index in [0.717, 1.165) is 12.1 Å². The van der Waals surface area contributed by atoms with Gasteiger partial charge in [-0.25, -0.2) is 8.42 Å². The lowest BCUT2D eigenvalue weighted by Gasteiger charge is -2.22. The van der Waals surface area contributed by atoms with Gasteiger partial charge >= 0.3 is 0 Å². The molecule has 0 unspecified atom stereocenters. The lowest BCUT2D eigenvalue weighted by atomic mass is 10.2. The summed E-state index contributed by atoms with van der Waals surface area (Å²) in [6.07, 6.45) is 1.12. The van der Waals surface area contributed by atoms with Crippen molar-refractivity contribution in [2.75, 3.05) is 17.9 Å². The molecule has 0 bridgehead atoms. The van der Waals surface area contributed by atoms with Crippen LogP contribution >= 0.6 is 0 Å². The molecular weight excluding hydrogens is 288 g/mol. The predicted octanol–water partition coefficient (Wildman–Crippen LogP) is 2.11. The minimum atomic E-state index is -3.32. The Bertz CT molecular complexity index is 535. The molecule has 0 saturated carbocycles. The monoisotopic (exact) mass is 312 g/mol. The van der Waals surface area contributed by atoms with Crippen LogP contribution in [0.15, 0.2) is 24.3 Å². The van der Waals surface area contributed by atoms with Crippen LogP contribution in [0.25, 0.3) is 0 Å². The maximum Gasteiger partial charge on any atom is 0.235 e. The van der Waals surface area contributed by atoms with E-state index in [1.165, 1.54) is 0 Å². The quantitative estimate of drug-likeness (QED) is 0.844. The van der Waals surface area contributed by atoms with Gasteiger partial charge in [-0.05, 0) is 30.5 Å². The molecule has 1 aromatic rings. The van der Waals surface area contributed by atoms with Gasteiger partial charge in [-0.1, -0.05) is 26.0 Å². The van der Waals surface area contributed by atoms with Crippen LogP contribution in [0, 0.1) is 0 Å². The van der Waals surface area contributed by atoms with Gasteiger partial charge in [0, 0.05) is 31.5 Å². The summed E-state index contributed by atoms with van der Waals surface area (Å²) >= 11 is 0. The third-order valence-corrected chi connectivity index (χ3v) is 5.40. The molecule has 1 fully saturated rings. The van der Waals surface area contributed by atoms with Gasteiger partial charge in [-0.15, -0.1) is 0 Å². The van der Waals surface area contributed by atoms with Gasteiger partial charge in [-0.2, -0.15) is 0 Å². The summed E-state index contributed by atoms with van der Waals surface area (Å²) in [6, 6.07) is 7.94. The molecule has 0 aromatic heterocycles. The molecule has 0 radical (unpaired) electrons. The molecule has 0 atom stereocenters. The summed E-state index contributed by atoms with van der Waals surface area (Å²) in [6.45, 7) is 6.01. The Kier molecular flexibility index (Phi) is 5.61. The van der Waals surface area contributed by atoms with E-state index in [2.05, 4.69) is 23.9 Å². The Morgan fingerprint density at radius 2 is 1.81 bits per heavy atom. The first kappa shape index (κ1) is 16.3. The zero-order chi connectivity index (χ0) is 15.3. The van der Waals surface area contributed by atoms with E-state index in [0.29, 0.717) is 37.8 Å². The Morgan fingerprint density at radius 1 is 1.19 bits per heavy atom. The van der Waals surface area contributed by atoms with Crippen molar-refractivity contribution in [3.8, 4) is 0 Å². The fraction of sp³-hybridized carbons (Fsp3) is 0.600. The third-order valence-electron chi connectivity index (χ3n) is 3.54. The number of ether oxygens (including phenoxy) is 1. The lowest BCUT2D eigenvalue weighted by Crippen LogP contribution is -2.33. The van der Waals surface area contributed by atoms with Gasteiger partial charge in [0.2, 0.25) is 10.0 Å². The van der Waals surface area contributed by atoms with Crippen molar-refractivity contribution < 1.29 is 13.2 Å². The second-order valence-electron chi connectivity index (χ2n) is 5.69. The molecule has 0 amide bonds. The van der Waals surface area contributed by atoms with Gasteiger partial charge < -0.3 is 10.1 Å². The number of benzene rings is 1. The van der Waals surface area contributed by atoms with E-state index >= 15 is 0 Å². The predicted molar refractivity (Wildman–Crippen MR) is 84.8 cm³/mol. The first-order valence-corrected chi connectivity index (χ1v) is 8.94. The van der Waals surface area contributed by atoms with E-state index in [1.807, 2.05) is 24.3 Å². The molecule has 118 valence electrons. The fourth-order valence-electron chi connectivity index (χ4n) is 2.25.